The lowest BCUT2D eigenvalue weighted by atomic mass is 10.2. The Morgan fingerprint density at radius 2 is 1.69 bits per heavy atom. The van der Waals surface area contributed by atoms with Gasteiger partial charge in [-0.05, 0) is 38.1 Å². The quantitative estimate of drug-likeness (QED) is 0.833. The van der Waals surface area contributed by atoms with E-state index in [-0.39, 0.29) is 12.1 Å². The highest BCUT2D eigenvalue weighted by Gasteiger charge is 2.09. The smallest absolute Gasteiger partial charge is 0.175 e. The summed E-state index contributed by atoms with van der Waals surface area (Å²) in [6, 6.07) is 6.85. The molecule has 0 heterocycles. The fraction of sp³-hybridized carbons (Fsp3) is 0.455. The summed E-state index contributed by atoms with van der Waals surface area (Å²) in [5, 5.41) is 3.20. The van der Waals surface area contributed by atoms with E-state index in [1.54, 1.807) is 24.3 Å². The van der Waals surface area contributed by atoms with Crippen molar-refractivity contribution in [2.75, 3.05) is 11.6 Å². The van der Waals surface area contributed by atoms with Crippen molar-refractivity contribution in [3.05, 3.63) is 24.3 Å². The maximum Gasteiger partial charge on any atom is 0.175 e. The van der Waals surface area contributed by atoms with Crippen molar-refractivity contribution < 1.29 is 8.42 Å². The van der Waals surface area contributed by atoms with E-state index in [2.05, 4.69) is 5.32 Å². The van der Waals surface area contributed by atoms with Gasteiger partial charge in [0.15, 0.2) is 9.84 Å². The zero-order chi connectivity index (χ0) is 12.3. The van der Waals surface area contributed by atoms with Crippen molar-refractivity contribution >= 4 is 15.5 Å². The molecule has 0 bridgehead atoms. The highest BCUT2D eigenvalue weighted by molar-refractivity contribution is 7.90. The predicted octanol–water partition coefficient (Wildman–Crippen LogP) is 1.24. The second-order valence-corrected chi connectivity index (χ2v) is 6.10. The van der Waals surface area contributed by atoms with Gasteiger partial charge in [-0.3, -0.25) is 0 Å². The van der Waals surface area contributed by atoms with Crippen LogP contribution in [0.5, 0.6) is 0 Å². The van der Waals surface area contributed by atoms with Crippen LogP contribution in [0.25, 0.3) is 0 Å². The maximum atomic E-state index is 11.2. The standard InChI is InChI=1S/C11H18N2O2S/c1-8(12)9(2)13-10-4-6-11(7-5-10)16(3,14)15/h4-9,13H,12H2,1-3H3. The molecule has 1 aromatic carbocycles. The van der Waals surface area contributed by atoms with Gasteiger partial charge in [0.2, 0.25) is 0 Å². The third-order valence-electron chi connectivity index (χ3n) is 2.47. The fourth-order valence-corrected chi connectivity index (χ4v) is 1.82. The van der Waals surface area contributed by atoms with Crippen LogP contribution in [0.1, 0.15) is 13.8 Å². The number of anilines is 1. The first-order valence-corrected chi connectivity index (χ1v) is 7.02. The van der Waals surface area contributed by atoms with Gasteiger partial charge in [-0.25, -0.2) is 8.42 Å². The van der Waals surface area contributed by atoms with Crippen molar-refractivity contribution in [3.8, 4) is 0 Å². The monoisotopic (exact) mass is 242 g/mol. The van der Waals surface area contributed by atoms with Crippen LogP contribution in [0.3, 0.4) is 0 Å². The molecule has 5 heteroatoms. The Balaban J connectivity index is 2.80. The molecular formula is C11H18N2O2S. The molecule has 0 saturated carbocycles. The van der Waals surface area contributed by atoms with Crippen molar-refractivity contribution in [2.24, 2.45) is 5.73 Å². The van der Waals surface area contributed by atoms with Crippen molar-refractivity contribution in [2.45, 2.75) is 30.8 Å². The van der Waals surface area contributed by atoms with Crippen molar-refractivity contribution in [1.29, 1.82) is 0 Å². The van der Waals surface area contributed by atoms with E-state index < -0.39 is 9.84 Å². The topological polar surface area (TPSA) is 72.2 Å². The molecule has 0 aliphatic heterocycles. The van der Waals surface area contributed by atoms with Crippen LogP contribution < -0.4 is 11.1 Å². The first kappa shape index (κ1) is 13.0. The van der Waals surface area contributed by atoms with Crippen LogP contribution >= 0.6 is 0 Å². The zero-order valence-electron chi connectivity index (χ0n) is 9.77. The largest absolute Gasteiger partial charge is 0.381 e. The van der Waals surface area contributed by atoms with Gasteiger partial charge in [0.05, 0.1) is 4.90 Å². The first-order chi connectivity index (χ1) is 7.30. The van der Waals surface area contributed by atoms with Gasteiger partial charge < -0.3 is 11.1 Å². The van der Waals surface area contributed by atoms with Gasteiger partial charge in [0.1, 0.15) is 0 Å². The molecule has 0 spiro atoms. The molecule has 2 unspecified atom stereocenters. The third-order valence-corrected chi connectivity index (χ3v) is 3.59. The Hall–Kier alpha value is -1.07. The zero-order valence-corrected chi connectivity index (χ0v) is 10.6. The number of nitrogens with two attached hydrogens (primary N) is 1. The molecule has 16 heavy (non-hydrogen) atoms. The van der Waals surface area contributed by atoms with E-state index in [4.69, 9.17) is 5.73 Å². The summed E-state index contributed by atoms with van der Waals surface area (Å²) in [6.07, 6.45) is 1.19. The highest BCUT2D eigenvalue weighted by Crippen LogP contribution is 2.14. The predicted molar refractivity (Wildman–Crippen MR) is 66.3 cm³/mol. The Morgan fingerprint density at radius 3 is 2.06 bits per heavy atom. The molecule has 0 aliphatic rings. The number of rotatable bonds is 4. The molecule has 3 N–H and O–H groups in total. The summed E-state index contributed by atoms with van der Waals surface area (Å²) in [7, 11) is -3.12. The summed E-state index contributed by atoms with van der Waals surface area (Å²) in [5.74, 6) is 0. The van der Waals surface area contributed by atoms with E-state index in [0.29, 0.717) is 4.90 Å². The van der Waals surface area contributed by atoms with Gasteiger partial charge in [0.25, 0.3) is 0 Å². The van der Waals surface area contributed by atoms with E-state index >= 15 is 0 Å². The minimum absolute atomic E-state index is 0.0367. The second-order valence-electron chi connectivity index (χ2n) is 4.09. The molecule has 4 nitrogen and oxygen atoms in total. The molecule has 0 aliphatic carbocycles. The number of sulfone groups is 1. The normalized spacial score (nSPS) is 15.5. The third kappa shape index (κ3) is 3.50. The van der Waals surface area contributed by atoms with Crippen LogP contribution in [0.15, 0.2) is 29.2 Å². The molecule has 0 fully saturated rings. The van der Waals surface area contributed by atoms with Gasteiger partial charge in [-0.2, -0.15) is 0 Å². The van der Waals surface area contributed by atoms with Crippen LogP contribution in [0, 0.1) is 0 Å². The van der Waals surface area contributed by atoms with E-state index in [1.165, 1.54) is 6.26 Å². The molecule has 1 aromatic rings. The van der Waals surface area contributed by atoms with Crippen LogP contribution in [-0.4, -0.2) is 26.8 Å². The molecular weight excluding hydrogens is 224 g/mol. The number of hydrogen-bond donors (Lipinski definition) is 2. The average Bonchev–Trinajstić information content (AvgIpc) is 2.17. The molecule has 0 saturated heterocycles. The molecule has 90 valence electrons. The maximum absolute atomic E-state index is 11.2. The van der Waals surface area contributed by atoms with E-state index in [1.807, 2.05) is 13.8 Å². The summed E-state index contributed by atoms with van der Waals surface area (Å²) in [5.41, 5.74) is 6.60. The second kappa shape index (κ2) is 4.84. The average molecular weight is 242 g/mol. The van der Waals surface area contributed by atoms with Crippen molar-refractivity contribution in [1.82, 2.24) is 0 Å². The van der Waals surface area contributed by atoms with Gasteiger partial charge in [-0.1, -0.05) is 0 Å². The van der Waals surface area contributed by atoms with Gasteiger partial charge in [-0.15, -0.1) is 0 Å². The highest BCUT2D eigenvalue weighted by atomic mass is 32.2. The molecule has 2 atom stereocenters. The van der Waals surface area contributed by atoms with Crippen LogP contribution in [-0.2, 0) is 9.84 Å². The summed E-state index contributed by atoms with van der Waals surface area (Å²) in [6.45, 7) is 3.90. The van der Waals surface area contributed by atoms with E-state index in [9.17, 15) is 8.42 Å². The van der Waals surface area contributed by atoms with Crippen LogP contribution in [0.4, 0.5) is 5.69 Å². The van der Waals surface area contributed by atoms with E-state index in [0.717, 1.165) is 5.69 Å². The van der Waals surface area contributed by atoms with Gasteiger partial charge >= 0.3 is 0 Å². The summed E-state index contributed by atoms with van der Waals surface area (Å²) < 4.78 is 22.5. The first-order valence-electron chi connectivity index (χ1n) is 5.13. The summed E-state index contributed by atoms with van der Waals surface area (Å²) >= 11 is 0. The summed E-state index contributed by atoms with van der Waals surface area (Å²) in [4.78, 5) is 0.325. The Labute approximate surface area is 96.8 Å². The lowest BCUT2D eigenvalue weighted by molar-refractivity contribution is 0.602. The molecule has 0 radical (unpaired) electrons. The Morgan fingerprint density at radius 1 is 1.19 bits per heavy atom. The molecule has 1 rings (SSSR count). The minimum atomic E-state index is -3.12. The number of nitrogens with one attached hydrogen (secondary N) is 1. The number of hydrogen-bond acceptors (Lipinski definition) is 4. The molecule has 0 aromatic heterocycles. The van der Waals surface area contributed by atoms with Gasteiger partial charge in [0, 0.05) is 24.0 Å². The SMILES string of the molecule is CC(N)C(C)Nc1ccc(S(C)(=O)=O)cc1. The minimum Gasteiger partial charge on any atom is -0.381 e. The Bertz CT molecular complexity index is 438. The lowest BCUT2D eigenvalue weighted by Gasteiger charge is -2.18. The van der Waals surface area contributed by atoms with Crippen molar-refractivity contribution in [3.63, 3.8) is 0 Å². The Kier molecular flexibility index (Phi) is 3.93. The molecule has 0 amide bonds. The van der Waals surface area contributed by atoms with Crippen LogP contribution in [0.2, 0.25) is 0 Å². The lowest BCUT2D eigenvalue weighted by Crippen LogP contribution is -2.35. The number of benzene rings is 1. The fourth-order valence-electron chi connectivity index (χ4n) is 1.19.